The van der Waals surface area contributed by atoms with E-state index in [1.54, 1.807) is 109 Å². The van der Waals surface area contributed by atoms with E-state index in [4.69, 9.17) is 18.9 Å². The van der Waals surface area contributed by atoms with E-state index in [9.17, 15) is 24.0 Å². The van der Waals surface area contributed by atoms with E-state index in [0.717, 1.165) is 4.57 Å². The average molecular weight is 786 g/mol. The Morgan fingerprint density at radius 3 is 1.66 bits per heavy atom. The molecule has 4 atom stereocenters. The first-order valence-electron chi connectivity index (χ1n) is 15.3. The van der Waals surface area contributed by atoms with Crippen LogP contribution in [-0.2, 0) is 18.9 Å². The van der Waals surface area contributed by atoms with Crippen LogP contribution >= 0.6 is 22.6 Å². The molecule has 12 nitrogen and oxygen atoms in total. The highest BCUT2D eigenvalue weighted by Crippen LogP contribution is 2.35. The van der Waals surface area contributed by atoms with Crippen LogP contribution in [0.3, 0.4) is 0 Å². The van der Waals surface area contributed by atoms with E-state index in [1.165, 1.54) is 18.3 Å². The van der Waals surface area contributed by atoms with Gasteiger partial charge < -0.3 is 24.3 Å². The Kier molecular flexibility index (Phi) is 10.7. The third-order valence-electron chi connectivity index (χ3n) is 7.63. The minimum Gasteiger partial charge on any atom is -0.459 e. The standard InChI is InChI=1S/C37H28IN3O9/c38-27-21-41(37(46)40-31(27)39-32(42)23-13-5-1-6-14-23)33-30(50-36(45)26-19-11-4-12-20-26)29(49-35(44)25-17-9-3-10-18-25)28(48-33)22-47-34(43)24-15-7-2-8-16-24/h1-21,28-30,33H,22H2,(H,39,40,42,46)/t28-,29+,30?,33-/m1/s1. The number of esters is 3. The number of benzene rings is 4. The summed E-state index contributed by atoms with van der Waals surface area (Å²) < 4.78 is 25.1. The molecule has 5 aromatic rings. The highest BCUT2D eigenvalue weighted by molar-refractivity contribution is 14.1. The van der Waals surface area contributed by atoms with E-state index in [2.05, 4.69) is 10.3 Å². The van der Waals surface area contributed by atoms with Crippen LogP contribution in [0.5, 0.6) is 0 Å². The number of anilines is 1. The second kappa shape index (κ2) is 15.7. The zero-order valence-corrected chi connectivity index (χ0v) is 28.2. The average Bonchev–Trinajstić information content (AvgIpc) is 3.48. The van der Waals surface area contributed by atoms with E-state index in [0.29, 0.717) is 9.13 Å². The lowest BCUT2D eigenvalue weighted by atomic mass is 10.1. The van der Waals surface area contributed by atoms with Gasteiger partial charge in [0.05, 0.1) is 20.3 Å². The number of amides is 1. The molecule has 0 radical (unpaired) electrons. The largest absolute Gasteiger partial charge is 0.459 e. The number of ether oxygens (including phenoxy) is 4. The first-order valence-corrected chi connectivity index (χ1v) is 16.4. The molecule has 4 aromatic carbocycles. The maximum Gasteiger partial charge on any atom is 0.351 e. The van der Waals surface area contributed by atoms with E-state index in [1.807, 2.05) is 22.6 Å². The van der Waals surface area contributed by atoms with Crippen LogP contribution in [0.25, 0.3) is 0 Å². The summed E-state index contributed by atoms with van der Waals surface area (Å²) in [6, 6.07) is 32.9. The van der Waals surface area contributed by atoms with Crippen LogP contribution in [-0.4, -0.2) is 58.3 Å². The van der Waals surface area contributed by atoms with Crippen molar-refractivity contribution in [3.8, 4) is 0 Å². The van der Waals surface area contributed by atoms with Crippen molar-refractivity contribution in [3.05, 3.63) is 164 Å². The van der Waals surface area contributed by atoms with Gasteiger partial charge in [-0.25, -0.2) is 19.2 Å². The smallest absolute Gasteiger partial charge is 0.351 e. The van der Waals surface area contributed by atoms with Gasteiger partial charge in [-0.2, -0.15) is 4.98 Å². The Hall–Kier alpha value is -5.67. The minimum absolute atomic E-state index is 0.00285. The lowest BCUT2D eigenvalue weighted by Crippen LogP contribution is -2.42. The van der Waals surface area contributed by atoms with Gasteiger partial charge in [0.25, 0.3) is 5.91 Å². The number of carbonyl (C=O) groups excluding carboxylic acids is 4. The fraction of sp³-hybridized carbons (Fsp3) is 0.135. The van der Waals surface area contributed by atoms with Gasteiger partial charge in [-0.1, -0.05) is 72.8 Å². The van der Waals surface area contributed by atoms with Gasteiger partial charge >= 0.3 is 23.6 Å². The van der Waals surface area contributed by atoms with Gasteiger partial charge in [0.15, 0.2) is 24.3 Å². The predicted octanol–water partition coefficient (Wildman–Crippen LogP) is 5.31. The number of hydrogen-bond acceptors (Lipinski definition) is 10. The van der Waals surface area contributed by atoms with Crippen molar-refractivity contribution in [2.24, 2.45) is 0 Å². The van der Waals surface area contributed by atoms with Gasteiger partial charge in [0, 0.05) is 11.8 Å². The van der Waals surface area contributed by atoms with Crippen molar-refractivity contribution in [2.75, 3.05) is 11.9 Å². The zero-order chi connectivity index (χ0) is 35.0. The number of carbonyl (C=O) groups is 4. The van der Waals surface area contributed by atoms with E-state index < -0.39 is 60.7 Å². The Labute approximate surface area is 299 Å². The monoisotopic (exact) mass is 785 g/mol. The number of rotatable bonds is 10. The topological polar surface area (TPSA) is 152 Å². The molecule has 1 saturated heterocycles. The molecule has 1 aliphatic heterocycles. The van der Waals surface area contributed by atoms with Crippen LogP contribution < -0.4 is 11.0 Å². The van der Waals surface area contributed by atoms with E-state index in [-0.39, 0.29) is 22.5 Å². The van der Waals surface area contributed by atoms with Gasteiger partial charge in [-0.3, -0.25) is 9.36 Å². The molecule has 1 N–H and O–H groups in total. The zero-order valence-electron chi connectivity index (χ0n) is 26.1. The summed E-state index contributed by atoms with van der Waals surface area (Å²) in [4.78, 5) is 70.2. The maximum atomic E-state index is 13.6. The first-order chi connectivity index (χ1) is 24.3. The molecule has 2 heterocycles. The van der Waals surface area contributed by atoms with Crippen molar-refractivity contribution in [3.63, 3.8) is 0 Å². The summed E-state index contributed by atoms with van der Waals surface area (Å²) in [5, 5.41) is 2.64. The fourth-order valence-corrected chi connectivity index (χ4v) is 5.72. The number of nitrogens with one attached hydrogen (secondary N) is 1. The van der Waals surface area contributed by atoms with Crippen LogP contribution in [0.1, 0.15) is 47.7 Å². The van der Waals surface area contributed by atoms with Gasteiger partial charge in [-0.05, 0) is 71.1 Å². The summed E-state index contributed by atoms with van der Waals surface area (Å²) in [5.41, 5.74) is 0.162. The van der Waals surface area contributed by atoms with Crippen LogP contribution in [0.4, 0.5) is 5.82 Å². The van der Waals surface area contributed by atoms with Gasteiger partial charge in [-0.15, -0.1) is 0 Å². The molecule has 1 unspecified atom stereocenters. The van der Waals surface area contributed by atoms with E-state index >= 15 is 0 Å². The Morgan fingerprint density at radius 1 is 0.680 bits per heavy atom. The van der Waals surface area contributed by atoms with Crippen molar-refractivity contribution < 1.29 is 38.1 Å². The molecular weight excluding hydrogens is 757 g/mol. The summed E-state index contributed by atoms with van der Waals surface area (Å²) in [6.45, 7) is -0.430. The normalized spacial score (nSPS) is 18.1. The first kappa shape index (κ1) is 34.2. The summed E-state index contributed by atoms with van der Waals surface area (Å²) in [7, 11) is 0. The molecule has 50 heavy (non-hydrogen) atoms. The molecule has 1 fully saturated rings. The van der Waals surface area contributed by atoms with Crippen LogP contribution in [0.2, 0.25) is 0 Å². The summed E-state index contributed by atoms with van der Waals surface area (Å²) in [6.07, 6.45) is -4.00. The lowest BCUT2D eigenvalue weighted by Gasteiger charge is -2.25. The minimum atomic E-state index is -1.42. The number of aromatic nitrogens is 2. The molecule has 1 aliphatic rings. The fourth-order valence-electron chi connectivity index (χ4n) is 5.17. The SMILES string of the molecule is O=C(Nc1nc(=O)n([C@@H]2O[C@H](COC(=O)c3ccccc3)[C@H](OC(=O)c3ccccc3)C2OC(=O)c2ccccc2)cc1I)c1ccccc1. The Morgan fingerprint density at radius 2 is 1.14 bits per heavy atom. The highest BCUT2D eigenvalue weighted by atomic mass is 127. The molecular formula is C37H28IN3O9. The molecule has 0 aliphatic carbocycles. The molecule has 13 heteroatoms. The van der Waals surface area contributed by atoms with Gasteiger partial charge in [0.2, 0.25) is 0 Å². The van der Waals surface area contributed by atoms with Gasteiger partial charge in [0.1, 0.15) is 12.7 Å². The number of nitrogens with zero attached hydrogens (tertiary/aromatic N) is 2. The second-order valence-corrected chi connectivity index (χ2v) is 12.1. The summed E-state index contributed by atoms with van der Waals surface area (Å²) in [5.74, 6) is -2.70. The van der Waals surface area contributed by atoms with Crippen molar-refractivity contribution in [1.29, 1.82) is 0 Å². The molecule has 6 rings (SSSR count). The second-order valence-electron chi connectivity index (χ2n) is 10.9. The lowest BCUT2D eigenvalue weighted by molar-refractivity contribution is -0.0640. The van der Waals surface area contributed by atoms with Crippen molar-refractivity contribution in [2.45, 2.75) is 24.5 Å². The number of halogens is 1. The van der Waals surface area contributed by atoms with Crippen LogP contribution in [0.15, 0.2) is 132 Å². The molecule has 1 aromatic heterocycles. The number of hydrogen-bond donors (Lipinski definition) is 1. The Bertz CT molecular complexity index is 2050. The summed E-state index contributed by atoms with van der Waals surface area (Å²) >= 11 is 1.90. The Balaban J connectivity index is 1.35. The quantitative estimate of drug-likeness (QED) is 0.112. The molecule has 0 spiro atoms. The predicted molar refractivity (Wildman–Crippen MR) is 188 cm³/mol. The third kappa shape index (κ3) is 7.96. The van der Waals surface area contributed by atoms with Crippen molar-refractivity contribution >= 4 is 52.2 Å². The van der Waals surface area contributed by atoms with Crippen LogP contribution in [0, 0.1) is 3.57 Å². The third-order valence-corrected chi connectivity index (χ3v) is 8.42. The molecule has 1 amide bonds. The molecule has 252 valence electrons. The van der Waals surface area contributed by atoms with Crippen molar-refractivity contribution in [1.82, 2.24) is 9.55 Å². The molecule has 0 bridgehead atoms. The molecule has 0 saturated carbocycles. The maximum absolute atomic E-state index is 13.6. The highest BCUT2D eigenvalue weighted by Gasteiger charge is 2.52.